The van der Waals surface area contributed by atoms with Crippen LogP contribution in [0.25, 0.3) is 0 Å². The summed E-state index contributed by atoms with van der Waals surface area (Å²) in [6, 6.07) is 13.0. The van der Waals surface area contributed by atoms with Crippen molar-refractivity contribution < 1.29 is 26.4 Å². The Morgan fingerprint density at radius 3 is 2.34 bits per heavy atom. The molecule has 5 nitrogen and oxygen atoms in total. The third kappa shape index (κ3) is 5.43. The van der Waals surface area contributed by atoms with Crippen LogP contribution >= 0.6 is 11.3 Å². The van der Waals surface area contributed by atoms with Gasteiger partial charge in [-0.25, -0.2) is 13.1 Å². The molecule has 29 heavy (non-hydrogen) atoms. The van der Waals surface area contributed by atoms with Crippen molar-refractivity contribution in [1.82, 2.24) is 4.72 Å². The van der Waals surface area contributed by atoms with Gasteiger partial charge in [-0.1, -0.05) is 12.1 Å². The smallest absolute Gasteiger partial charge is 0.322 e. The van der Waals surface area contributed by atoms with E-state index in [0.29, 0.717) is 0 Å². The monoisotopic (exact) mass is 440 g/mol. The van der Waals surface area contributed by atoms with Crippen LogP contribution in [0.4, 0.5) is 18.9 Å². The molecule has 1 heterocycles. The molecule has 0 spiro atoms. The first-order valence-electron chi connectivity index (χ1n) is 8.26. The summed E-state index contributed by atoms with van der Waals surface area (Å²) in [5, 5.41) is 4.20. The molecule has 0 aliphatic carbocycles. The molecular formula is C19H15F3N2O3S2. The Bertz CT molecular complexity index is 1090. The Kier molecular flexibility index (Phi) is 6.06. The highest BCUT2D eigenvalue weighted by atomic mass is 32.2. The standard InChI is InChI=1S/C19H15F3N2O3S2/c20-19(21,22)14-3-1-4-15(11-14)24-18(25)13-6-8-17(9-7-13)29(26,27)23-12-16-5-2-10-28-16/h1-11,23H,12H2,(H,24,25). The van der Waals surface area contributed by atoms with Crippen molar-refractivity contribution in [2.45, 2.75) is 17.6 Å². The molecule has 0 unspecified atom stereocenters. The Balaban J connectivity index is 1.69. The van der Waals surface area contributed by atoms with Crippen molar-refractivity contribution in [3.8, 4) is 0 Å². The Labute approximate surface area is 169 Å². The normalized spacial score (nSPS) is 12.0. The van der Waals surface area contributed by atoms with Gasteiger partial charge in [0, 0.05) is 22.7 Å². The third-order valence-electron chi connectivity index (χ3n) is 3.89. The van der Waals surface area contributed by atoms with Gasteiger partial charge in [-0.3, -0.25) is 4.79 Å². The fraction of sp³-hybridized carbons (Fsp3) is 0.105. The number of thiophene rings is 1. The molecule has 2 N–H and O–H groups in total. The molecule has 0 saturated heterocycles. The average molecular weight is 440 g/mol. The summed E-state index contributed by atoms with van der Waals surface area (Å²) in [6.45, 7) is 0.151. The van der Waals surface area contributed by atoms with Crippen molar-refractivity contribution in [3.05, 3.63) is 82.0 Å². The van der Waals surface area contributed by atoms with Crippen LogP contribution in [0.5, 0.6) is 0 Å². The SMILES string of the molecule is O=C(Nc1cccc(C(F)(F)F)c1)c1ccc(S(=O)(=O)NCc2cccs2)cc1. The second-order valence-electron chi connectivity index (χ2n) is 5.96. The summed E-state index contributed by atoms with van der Waals surface area (Å²) in [6.07, 6.45) is -4.52. The van der Waals surface area contributed by atoms with Gasteiger partial charge >= 0.3 is 6.18 Å². The van der Waals surface area contributed by atoms with Crippen LogP contribution in [0.3, 0.4) is 0 Å². The van der Waals surface area contributed by atoms with Crippen molar-refractivity contribution in [3.63, 3.8) is 0 Å². The lowest BCUT2D eigenvalue weighted by atomic mass is 10.1. The van der Waals surface area contributed by atoms with Crippen LogP contribution < -0.4 is 10.0 Å². The van der Waals surface area contributed by atoms with E-state index in [1.54, 1.807) is 6.07 Å². The Morgan fingerprint density at radius 2 is 1.72 bits per heavy atom. The summed E-state index contributed by atoms with van der Waals surface area (Å²) in [7, 11) is -3.76. The molecule has 0 saturated carbocycles. The summed E-state index contributed by atoms with van der Waals surface area (Å²) < 4.78 is 65.4. The highest BCUT2D eigenvalue weighted by Crippen LogP contribution is 2.30. The van der Waals surface area contributed by atoms with Gasteiger partial charge in [0.1, 0.15) is 0 Å². The number of halogens is 3. The number of hydrogen-bond donors (Lipinski definition) is 2. The van der Waals surface area contributed by atoms with Crippen LogP contribution in [-0.2, 0) is 22.7 Å². The molecule has 3 rings (SSSR count). The van der Waals surface area contributed by atoms with Gasteiger partial charge in [-0.15, -0.1) is 11.3 Å². The predicted molar refractivity (Wildman–Crippen MR) is 104 cm³/mol. The lowest BCUT2D eigenvalue weighted by molar-refractivity contribution is -0.137. The largest absolute Gasteiger partial charge is 0.416 e. The van der Waals surface area contributed by atoms with E-state index in [-0.39, 0.29) is 22.7 Å². The highest BCUT2D eigenvalue weighted by Gasteiger charge is 2.30. The van der Waals surface area contributed by atoms with E-state index in [1.165, 1.54) is 47.7 Å². The van der Waals surface area contributed by atoms with Gasteiger partial charge in [0.05, 0.1) is 10.5 Å². The number of anilines is 1. The molecule has 2 aromatic carbocycles. The topological polar surface area (TPSA) is 75.3 Å². The molecule has 152 valence electrons. The molecule has 0 aliphatic heterocycles. The van der Waals surface area contributed by atoms with Crippen molar-refractivity contribution in [2.24, 2.45) is 0 Å². The number of alkyl halides is 3. The molecule has 0 aliphatic rings. The number of rotatable bonds is 6. The zero-order valence-electron chi connectivity index (χ0n) is 14.7. The average Bonchev–Trinajstić information content (AvgIpc) is 3.20. The summed E-state index contributed by atoms with van der Waals surface area (Å²) in [4.78, 5) is 13.1. The molecule has 0 atom stereocenters. The van der Waals surface area contributed by atoms with E-state index in [0.717, 1.165) is 17.0 Å². The number of carbonyl (C=O) groups is 1. The quantitative estimate of drug-likeness (QED) is 0.593. The molecular weight excluding hydrogens is 425 g/mol. The Hall–Kier alpha value is -2.69. The minimum Gasteiger partial charge on any atom is -0.322 e. The minimum absolute atomic E-state index is 0.0147. The third-order valence-corrected chi connectivity index (χ3v) is 6.18. The first kappa shape index (κ1) is 21.0. The number of sulfonamides is 1. The van der Waals surface area contributed by atoms with Crippen LogP contribution in [-0.4, -0.2) is 14.3 Å². The van der Waals surface area contributed by atoms with Crippen molar-refractivity contribution in [2.75, 3.05) is 5.32 Å². The van der Waals surface area contributed by atoms with Gasteiger partial charge in [0.25, 0.3) is 5.91 Å². The first-order valence-corrected chi connectivity index (χ1v) is 10.6. The molecule has 3 aromatic rings. The van der Waals surface area contributed by atoms with E-state index in [2.05, 4.69) is 10.0 Å². The fourth-order valence-corrected chi connectivity index (χ4v) is 4.17. The molecule has 1 amide bonds. The van der Waals surface area contributed by atoms with Gasteiger partial charge in [0.15, 0.2) is 0 Å². The maximum absolute atomic E-state index is 12.8. The molecule has 10 heteroatoms. The van der Waals surface area contributed by atoms with Crippen LogP contribution in [0, 0.1) is 0 Å². The van der Waals surface area contributed by atoms with Crippen LogP contribution in [0.2, 0.25) is 0 Å². The lowest BCUT2D eigenvalue weighted by Crippen LogP contribution is -2.23. The van der Waals surface area contributed by atoms with Gasteiger partial charge in [-0.2, -0.15) is 13.2 Å². The second-order valence-corrected chi connectivity index (χ2v) is 8.76. The van der Waals surface area contributed by atoms with E-state index in [1.807, 2.05) is 11.4 Å². The van der Waals surface area contributed by atoms with Gasteiger partial charge in [0.2, 0.25) is 10.0 Å². The van der Waals surface area contributed by atoms with Gasteiger partial charge < -0.3 is 5.32 Å². The maximum atomic E-state index is 12.8. The number of hydrogen-bond acceptors (Lipinski definition) is 4. The first-order chi connectivity index (χ1) is 13.6. The fourth-order valence-electron chi connectivity index (χ4n) is 2.42. The molecule has 0 fully saturated rings. The van der Waals surface area contributed by atoms with E-state index in [4.69, 9.17) is 0 Å². The molecule has 0 bridgehead atoms. The number of benzene rings is 2. The lowest BCUT2D eigenvalue weighted by Gasteiger charge is -2.10. The minimum atomic E-state index is -4.52. The zero-order valence-corrected chi connectivity index (χ0v) is 16.4. The van der Waals surface area contributed by atoms with Crippen molar-refractivity contribution in [1.29, 1.82) is 0 Å². The molecule has 0 radical (unpaired) electrons. The predicted octanol–water partition coefficient (Wildman–Crippen LogP) is 4.50. The van der Waals surface area contributed by atoms with E-state index in [9.17, 15) is 26.4 Å². The summed E-state index contributed by atoms with van der Waals surface area (Å²) in [5.41, 5.74) is -0.785. The zero-order chi connectivity index (χ0) is 21.1. The van der Waals surface area contributed by atoms with Crippen LogP contribution in [0.1, 0.15) is 20.8 Å². The maximum Gasteiger partial charge on any atom is 0.416 e. The number of carbonyl (C=O) groups excluding carboxylic acids is 1. The highest BCUT2D eigenvalue weighted by molar-refractivity contribution is 7.89. The Morgan fingerprint density at radius 1 is 1.00 bits per heavy atom. The van der Waals surface area contributed by atoms with Gasteiger partial charge in [-0.05, 0) is 53.9 Å². The van der Waals surface area contributed by atoms with Crippen LogP contribution in [0.15, 0.2) is 70.9 Å². The molecule has 1 aromatic heterocycles. The second kappa shape index (κ2) is 8.36. The number of nitrogens with one attached hydrogen (secondary N) is 2. The van der Waals surface area contributed by atoms with E-state index < -0.39 is 27.7 Å². The summed E-state index contributed by atoms with van der Waals surface area (Å²) in [5.74, 6) is -0.653. The summed E-state index contributed by atoms with van der Waals surface area (Å²) >= 11 is 1.42. The van der Waals surface area contributed by atoms with Crippen molar-refractivity contribution >= 4 is 33.0 Å². The van der Waals surface area contributed by atoms with E-state index >= 15 is 0 Å². The number of amides is 1.